The van der Waals surface area contributed by atoms with E-state index in [1.165, 1.54) is 7.11 Å². The van der Waals surface area contributed by atoms with E-state index in [1.54, 1.807) is 0 Å². The fourth-order valence-electron chi connectivity index (χ4n) is 2.17. The SMILES string of the molecule is COC(=O)[C@@H]1CNC[C@@H]1c1cccc(Cl)c1. The lowest BCUT2D eigenvalue weighted by Gasteiger charge is -2.16. The number of halogens is 1. The van der Waals surface area contributed by atoms with E-state index in [0.29, 0.717) is 11.6 Å². The minimum atomic E-state index is -0.157. The Morgan fingerprint density at radius 2 is 2.31 bits per heavy atom. The number of benzene rings is 1. The minimum Gasteiger partial charge on any atom is -0.469 e. The van der Waals surface area contributed by atoms with Crippen LogP contribution in [0.25, 0.3) is 0 Å². The van der Waals surface area contributed by atoms with Crippen LogP contribution in [0.4, 0.5) is 0 Å². The van der Waals surface area contributed by atoms with E-state index >= 15 is 0 Å². The quantitative estimate of drug-likeness (QED) is 0.800. The summed E-state index contributed by atoms with van der Waals surface area (Å²) in [6.07, 6.45) is 0. The summed E-state index contributed by atoms with van der Waals surface area (Å²) in [5, 5.41) is 3.91. The van der Waals surface area contributed by atoms with Gasteiger partial charge in [0.15, 0.2) is 0 Å². The van der Waals surface area contributed by atoms with E-state index in [0.717, 1.165) is 12.1 Å². The van der Waals surface area contributed by atoms with Gasteiger partial charge in [-0.2, -0.15) is 0 Å². The third kappa shape index (κ3) is 2.20. The molecule has 1 heterocycles. The molecule has 16 heavy (non-hydrogen) atoms. The Labute approximate surface area is 99.7 Å². The average Bonchev–Trinajstić information content (AvgIpc) is 2.77. The van der Waals surface area contributed by atoms with Crippen LogP contribution < -0.4 is 5.32 Å². The first-order chi connectivity index (χ1) is 7.72. The van der Waals surface area contributed by atoms with Crippen molar-refractivity contribution in [3.8, 4) is 0 Å². The zero-order valence-corrected chi connectivity index (χ0v) is 9.83. The summed E-state index contributed by atoms with van der Waals surface area (Å²) in [6.45, 7) is 1.46. The van der Waals surface area contributed by atoms with Gasteiger partial charge < -0.3 is 10.1 Å². The smallest absolute Gasteiger partial charge is 0.310 e. The lowest BCUT2D eigenvalue weighted by atomic mass is 9.89. The first-order valence-corrected chi connectivity index (χ1v) is 5.64. The molecule has 3 nitrogen and oxygen atoms in total. The molecule has 1 aromatic carbocycles. The first kappa shape index (κ1) is 11.4. The van der Waals surface area contributed by atoms with Gasteiger partial charge in [0.05, 0.1) is 13.0 Å². The van der Waals surface area contributed by atoms with E-state index in [2.05, 4.69) is 5.32 Å². The van der Waals surface area contributed by atoms with Crippen LogP contribution in [0.3, 0.4) is 0 Å². The molecular formula is C12H14ClNO2. The summed E-state index contributed by atoms with van der Waals surface area (Å²) in [7, 11) is 1.43. The van der Waals surface area contributed by atoms with E-state index in [1.807, 2.05) is 24.3 Å². The Morgan fingerprint density at radius 1 is 1.50 bits per heavy atom. The Kier molecular flexibility index (Phi) is 3.46. The van der Waals surface area contributed by atoms with Crippen LogP contribution in [0.15, 0.2) is 24.3 Å². The van der Waals surface area contributed by atoms with Crippen molar-refractivity contribution in [1.82, 2.24) is 5.32 Å². The van der Waals surface area contributed by atoms with Crippen LogP contribution in [-0.2, 0) is 9.53 Å². The zero-order chi connectivity index (χ0) is 11.5. The van der Waals surface area contributed by atoms with Crippen molar-refractivity contribution in [2.75, 3.05) is 20.2 Å². The molecule has 0 aromatic heterocycles. The van der Waals surface area contributed by atoms with Crippen molar-refractivity contribution < 1.29 is 9.53 Å². The van der Waals surface area contributed by atoms with Gasteiger partial charge in [-0.3, -0.25) is 4.79 Å². The molecule has 1 aliphatic heterocycles. The molecular weight excluding hydrogens is 226 g/mol. The van der Waals surface area contributed by atoms with Gasteiger partial charge in [0.2, 0.25) is 0 Å². The number of carbonyl (C=O) groups excluding carboxylic acids is 1. The predicted octanol–water partition coefficient (Wildman–Crippen LogP) is 1.82. The molecule has 86 valence electrons. The van der Waals surface area contributed by atoms with Gasteiger partial charge in [0.1, 0.15) is 0 Å². The van der Waals surface area contributed by atoms with E-state index < -0.39 is 0 Å². The topological polar surface area (TPSA) is 38.3 Å². The molecule has 0 unspecified atom stereocenters. The van der Waals surface area contributed by atoms with Gasteiger partial charge in [-0.15, -0.1) is 0 Å². The summed E-state index contributed by atoms with van der Waals surface area (Å²) in [4.78, 5) is 11.6. The highest BCUT2D eigenvalue weighted by molar-refractivity contribution is 6.30. The monoisotopic (exact) mass is 239 g/mol. The summed E-state index contributed by atoms with van der Waals surface area (Å²) in [6, 6.07) is 7.65. The number of hydrogen-bond donors (Lipinski definition) is 1. The maximum atomic E-state index is 11.6. The fraction of sp³-hybridized carbons (Fsp3) is 0.417. The maximum absolute atomic E-state index is 11.6. The van der Waals surface area contributed by atoms with Crippen molar-refractivity contribution in [1.29, 1.82) is 0 Å². The normalized spacial score (nSPS) is 24.4. The summed E-state index contributed by atoms with van der Waals surface area (Å²) in [5.41, 5.74) is 1.09. The highest BCUT2D eigenvalue weighted by Gasteiger charge is 2.34. The molecule has 1 aromatic rings. The molecule has 4 heteroatoms. The number of esters is 1. The molecule has 0 spiro atoms. The molecule has 0 saturated carbocycles. The molecule has 2 atom stereocenters. The molecule has 1 fully saturated rings. The molecule has 2 rings (SSSR count). The average molecular weight is 240 g/mol. The maximum Gasteiger partial charge on any atom is 0.310 e. The summed E-state index contributed by atoms with van der Waals surface area (Å²) >= 11 is 5.95. The Bertz CT molecular complexity index is 394. The van der Waals surface area contributed by atoms with Gasteiger partial charge in [0.25, 0.3) is 0 Å². The number of methoxy groups -OCH3 is 1. The summed E-state index contributed by atoms with van der Waals surface area (Å²) in [5.74, 6) is -0.107. The van der Waals surface area contributed by atoms with Gasteiger partial charge in [-0.05, 0) is 17.7 Å². The highest BCUT2D eigenvalue weighted by Crippen LogP contribution is 2.30. The number of rotatable bonds is 2. The standard InChI is InChI=1S/C12H14ClNO2/c1-16-12(15)11-7-14-6-10(11)8-3-2-4-9(13)5-8/h2-5,10-11,14H,6-7H2,1H3/t10-,11-/m1/s1. The van der Waals surface area contributed by atoms with Crippen LogP contribution >= 0.6 is 11.6 Å². The molecule has 1 aliphatic rings. The molecule has 0 aliphatic carbocycles. The van der Waals surface area contributed by atoms with Crippen molar-refractivity contribution in [2.45, 2.75) is 5.92 Å². The number of nitrogens with one attached hydrogen (secondary N) is 1. The van der Waals surface area contributed by atoms with Crippen LogP contribution in [0.2, 0.25) is 5.02 Å². The van der Waals surface area contributed by atoms with Gasteiger partial charge in [-0.25, -0.2) is 0 Å². The lowest BCUT2D eigenvalue weighted by molar-refractivity contribution is -0.145. The third-order valence-corrected chi connectivity index (χ3v) is 3.23. The molecule has 1 saturated heterocycles. The molecule has 0 bridgehead atoms. The predicted molar refractivity (Wildman–Crippen MR) is 62.6 cm³/mol. The second kappa shape index (κ2) is 4.85. The number of ether oxygens (including phenoxy) is 1. The minimum absolute atomic E-state index is 0.108. The highest BCUT2D eigenvalue weighted by atomic mass is 35.5. The van der Waals surface area contributed by atoms with Crippen molar-refractivity contribution >= 4 is 17.6 Å². The van der Waals surface area contributed by atoms with Crippen molar-refractivity contribution in [2.24, 2.45) is 5.92 Å². The Morgan fingerprint density at radius 3 is 3.00 bits per heavy atom. The summed E-state index contributed by atoms with van der Waals surface area (Å²) < 4.78 is 4.80. The van der Waals surface area contributed by atoms with Gasteiger partial charge in [0, 0.05) is 24.0 Å². The Balaban J connectivity index is 2.23. The van der Waals surface area contributed by atoms with Crippen LogP contribution in [0, 0.1) is 5.92 Å². The molecule has 0 amide bonds. The Hall–Kier alpha value is -1.06. The third-order valence-electron chi connectivity index (χ3n) is 2.99. The lowest BCUT2D eigenvalue weighted by Crippen LogP contribution is -2.22. The second-order valence-electron chi connectivity index (χ2n) is 3.95. The zero-order valence-electron chi connectivity index (χ0n) is 9.07. The second-order valence-corrected chi connectivity index (χ2v) is 4.39. The molecule has 0 radical (unpaired) electrons. The largest absolute Gasteiger partial charge is 0.469 e. The van der Waals surface area contributed by atoms with Crippen LogP contribution in [0.1, 0.15) is 11.5 Å². The number of carbonyl (C=O) groups is 1. The van der Waals surface area contributed by atoms with Crippen molar-refractivity contribution in [3.63, 3.8) is 0 Å². The van der Waals surface area contributed by atoms with E-state index in [4.69, 9.17) is 16.3 Å². The molecule has 1 N–H and O–H groups in total. The van der Waals surface area contributed by atoms with E-state index in [-0.39, 0.29) is 17.8 Å². The van der Waals surface area contributed by atoms with Crippen LogP contribution in [0.5, 0.6) is 0 Å². The van der Waals surface area contributed by atoms with E-state index in [9.17, 15) is 4.79 Å². The van der Waals surface area contributed by atoms with Crippen molar-refractivity contribution in [3.05, 3.63) is 34.9 Å². The van der Waals surface area contributed by atoms with Crippen LogP contribution in [-0.4, -0.2) is 26.2 Å². The van der Waals surface area contributed by atoms with Gasteiger partial charge in [-0.1, -0.05) is 23.7 Å². The number of hydrogen-bond acceptors (Lipinski definition) is 3. The van der Waals surface area contributed by atoms with Gasteiger partial charge >= 0.3 is 5.97 Å². The fourth-order valence-corrected chi connectivity index (χ4v) is 2.36. The first-order valence-electron chi connectivity index (χ1n) is 5.26.